The van der Waals surface area contributed by atoms with Crippen LogP contribution in [0.1, 0.15) is 44.7 Å². The second-order valence-corrected chi connectivity index (χ2v) is 6.87. The molecule has 1 unspecified atom stereocenters. The first-order valence-corrected chi connectivity index (χ1v) is 7.48. The van der Waals surface area contributed by atoms with Crippen LogP contribution in [0.2, 0.25) is 0 Å². The summed E-state index contributed by atoms with van der Waals surface area (Å²) >= 11 is 0. The van der Waals surface area contributed by atoms with Crippen LogP contribution in [-0.2, 0) is 0 Å². The van der Waals surface area contributed by atoms with Gasteiger partial charge in [-0.2, -0.15) is 0 Å². The predicted octanol–water partition coefficient (Wildman–Crippen LogP) is 3.44. The van der Waals surface area contributed by atoms with Crippen LogP contribution >= 0.6 is 0 Å². The molecule has 106 valence electrons. The van der Waals surface area contributed by atoms with E-state index in [9.17, 15) is 0 Å². The van der Waals surface area contributed by atoms with Crippen LogP contribution in [0.15, 0.2) is 30.3 Å². The maximum atomic E-state index is 6.47. The van der Waals surface area contributed by atoms with Gasteiger partial charge >= 0.3 is 0 Å². The van der Waals surface area contributed by atoms with Crippen molar-refractivity contribution in [2.45, 2.75) is 39.2 Å². The monoisotopic (exact) mass is 260 g/mol. The molecule has 1 fully saturated rings. The highest BCUT2D eigenvalue weighted by Gasteiger charge is 2.30. The highest BCUT2D eigenvalue weighted by atomic mass is 15.1. The van der Waals surface area contributed by atoms with Crippen LogP contribution in [0.3, 0.4) is 0 Å². The van der Waals surface area contributed by atoms with Gasteiger partial charge in [-0.25, -0.2) is 0 Å². The quantitative estimate of drug-likeness (QED) is 0.849. The van der Waals surface area contributed by atoms with Crippen molar-refractivity contribution in [2.75, 3.05) is 20.1 Å². The number of hydrogen-bond donors (Lipinski definition) is 1. The van der Waals surface area contributed by atoms with Gasteiger partial charge in [0.1, 0.15) is 0 Å². The van der Waals surface area contributed by atoms with E-state index < -0.39 is 0 Å². The van der Waals surface area contributed by atoms with Crippen LogP contribution in [0.4, 0.5) is 0 Å². The van der Waals surface area contributed by atoms with Crippen LogP contribution in [0.25, 0.3) is 0 Å². The first-order valence-electron chi connectivity index (χ1n) is 7.48. The number of benzene rings is 1. The smallest absolute Gasteiger partial charge is 0.0359 e. The Labute approximate surface area is 118 Å². The summed E-state index contributed by atoms with van der Waals surface area (Å²) in [6.07, 6.45) is 4.25. The van der Waals surface area contributed by atoms with E-state index in [4.69, 9.17) is 5.73 Å². The van der Waals surface area contributed by atoms with Crippen molar-refractivity contribution < 1.29 is 0 Å². The molecular weight excluding hydrogens is 232 g/mol. The van der Waals surface area contributed by atoms with E-state index >= 15 is 0 Å². The second kappa shape index (κ2) is 6.06. The van der Waals surface area contributed by atoms with Crippen LogP contribution in [0.5, 0.6) is 0 Å². The molecular formula is C17H28N2. The van der Waals surface area contributed by atoms with Crippen molar-refractivity contribution in [3.63, 3.8) is 0 Å². The topological polar surface area (TPSA) is 29.3 Å². The lowest BCUT2D eigenvalue weighted by Gasteiger charge is -2.38. The maximum Gasteiger partial charge on any atom is 0.0359 e. The summed E-state index contributed by atoms with van der Waals surface area (Å²) in [5.74, 6) is 0.925. The molecule has 0 aromatic heterocycles. The number of hydrogen-bond acceptors (Lipinski definition) is 2. The third-order valence-corrected chi connectivity index (χ3v) is 4.47. The number of nitrogens with zero attached hydrogens (tertiary/aromatic N) is 1. The lowest BCUT2D eigenvalue weighted by molar-refractivity contribution is 0.136. The van der Waals surface area contributed by atoms with E-state index in [1.807, 2.05) is 6.07 Å². The molecule has 1 aliphatic carbocycles. The molecule has 1 aliphatic rings. The molecule has 0 amide bonds. The molecule has 0 bridgehead atoms. The Morgan fingerprint density at radius 3 is 2.42 bits per heavy atom. The molecule has 1 atom stereocenters. The van der Waals surface area contributed by atoms with Crippen LogP contribution in [0, 0.1) is 11.3 Å². The van der Waals surface area contributed by atoms with Crippen LogP contribution in [-0.4, -0.2) is 25.0 Å². The zero-order valence-electron chi connectivity index (χ0n) is 12.6. The Balaban J connectivity index is 1.92. The van der Waals surface area contributed by atoms with Gasteiger partial charge in [-0.1, -0.05) is 50.6 Å². The van der Waals surface area contributed by atoms with Gasteiger partial charge in [0.05, 0.1) is 0 Å². The zero-order chi connectivity index (χ0) is 13.9. The largest absolute Gasteiger partial charge is 0.323 e. The van der Waals surface area contributed by atoms with E-state index in [1.165, 1.54) is 31.4 Å². The van der Waals surface area contributed by atoms with Gasteiger partial charge in [-0.05, 0) is 36.8 Å². The highest BCUT2D eigenvalue weighted by molar-refractivity contribution is 5.20. The van der Waals surface area contributed by atoms with E-state index in [0.717, 1.165) is 12.5 Å². The molecule has 2 nitrogen and oxygen atoms in total. The average molecular weight is 260 g/mol. The molecule has 2 rings (SSSR count). The molecule has 2 N–H and O–H groups in total. The van der Waals surface area contributed by atoms with Crippen LogP contribution < -0.4 is 5.73 Å². The van der Waals surface area contributed by atoms with E-state index in [2.05, 4.69) is 50.1 Å². The first-order chi connectivity index (χ1) is 8.99. The normalized spacial score (nSPS) is 18.4. The molecule has 1 aromatic carbocycles. The second-order valence-electron chi connectivity index (χ2n) is 6.87. The van der Waals surface area contributed by atoms with Crippen molar-refractivity contribution in [1.82, 2.24) is 4.90 Å². The van der Waals surface area contributed by atoms with Gasteiger partial charge in [-0.3, -0.25) is 0 Å². The average Bonchev–Trinajstić information content (AvgIpc) is 2.33. The summed E-state index contributed by atoms with van der Waals surface area (Å²) in [5.41, 5.74) is 7.81. The summed E-state index contributed by atoms with van der Waals surface area (Å²) < 4.78 is 0. The Morgan fingerprint density at radius 2 is 1.89 bits per heavy atom. The Bertz CT molecular complexity index is 382. The van der Waals surface area contributed by atoms with E-state index in [1.54, 1.807) is 0 Å². The lowest BCUT2D eigenvalue weighted by Crippen LogP contribution is -2.41. The minimum absolute atomic E-state index is 0.0949. The highest BCUT2D eigenvalue weighted by Crippen LogP contribution is 2.33. The molecule has 1 saturated carbocycles. The van der Waals surface area contributed by atoms with Crippen molar-refractivity contribution >= 4 is 0 Å². The summed E-state index contributed by atoms with van der Waals surface area (Å²) in [4.78, 5) is 2.46. The molecule has 2 heteroatoms. The Morgan fingerprint density at radius 1 is 1.26 bits per heavy atom. The van der Waals surface area contributed by atoms with Crippen molar-refractivity contribution in [2.24, 2.45) is 17.1 Å². The summed E-state index contributed by atoms with van der Waals surface area (Å²) in [6, 6.07) is 10.6. The number of nitrogens with two attached hydrogens (primary N) is 1. The van der Waals surface area contributed by atoms with Gasteiger partial charge < -0.3 is 10.6 Å². The van der Waals surface area contributed by atoms with Crippen molar-refractivity contribution in [3.8, 4) is 0 Å². The van der Waals surface area contributed by atoms with E-state index in [-0.39, 0.29) is 11.5 Å². The fourth-order valence-electron chi connectivity index (χ4n) is 3.09. The molecule has 0 radical (unpaired) electrons. The summed E-state index contributed by atoms with van der Waals surface area (Å²) in [6.45, 7) is 6.84. The van der Waals surface area contributed by atoms with E-state index in [0.29, 0.717) is 0 Å². The molecule has 1 aromatic rings. The third kappa shape index (κ3) is 3.80. The lowest BCUT2D eigenvalue weighted by atomic mass is 9.79. The van der Waals surface area contributed by atoms with Crippen molar-refractivity contribution in [1.29, 1.82) is 0 Å². The molecule has 0 saturated heterocycles. The van der Waals surface area contributed by atoms with Gasteiger partial charge in [0.25, 0.3) is 0 Å². The standard InChI is InChI=1S/C17H28N2/c1-17(2,13-19(3)12-14-8-7-9-14)16(18)15-10-5-4-6-11-15/h4-6,10-11,14,16H,7-9,12-13,18H2,1-3H3. The van der Waals surface area contributed by atoms with Gasteiger partial charge in [0.2, 0.25) is 0 Å². The molecule has 0 spiro atoms. The van der Waals surface area contributed by atoms with Gasteiger partial charge in [0.15, 0.2) is 0 Å². The summed E-state index contributed by atoms with van der Waals surface area (Å²) in [5, 5.41) is 0. The maximum absolute atomic E-state index is 6.47. The molecule has 19 heavy (non-hydrogen) atoms. The van der Waals surface area contributed by atoms with Gasteiger partial charge in [-0.15, -0.1) is 0 Å². The minimum Gasteiger partial charge on any atom is -0.323 e. The predicted molar refractivity (Wildman–Crippen MR) is 82.0 cm³/mol. The fraction of sp³-hybridized carbons (Fsp3) is 0.647. The Kier molecular flexibility index (Phi) is 4.64. The number of rotatable bonds is 6. The SMILES string of the molecule is CN(CC1CCC1)CC(C)(C)C(N)c1ccccc1. The first kappa shape index (κ1) is 14.5. The minimum atomic E-state index is 0.0949. The third-order valence-electron chi connectivity index (χ3n) is 4.47. The zero-order valence-corrected chi connectivity index (χ0v) is 12.6. The molecule has 0 heterocycles. The fourth-order valence-corrected chi connectivity index (χ4v) is 3.09. The summed E-state index contributed by atoms with van der Waals surface area (Å²) in [7, 11) is 2.23. The Hall–Kier alpha value is -0.860. The molecule has 0 aliphatic heterocycles. The van der Waals surface area contributed by atoms with Crippen molar-refractivity contribution in [3.05, 3.63) is 35.9 Å². The van der Waals surface area contributed by atoms with Gasteiger partial charge in [0, 0.05) is 19.1 Å².